The number of carbonyl (C=O) groups excluding carboxylic acids is 1. The monoisotopic (exact) mass is 252 g/mol. The molecule has 1 rings (SSSR count). The number of nitro groups is 1. The highest BCUT2D eigenvalue weighted by Crippen LogP contribution is 2.11. The Kier molecular flexibility index (Phi) is 5.26. The number of hydrogen-bond donors (Lipinski definition) is 1. The normalized spacial score (nSPS) is 11.9. The van der Waals surface area contributed by atoms with Crippen LogP contribution in [0.15, 0.2) is 24.3 Å². The van der Waals surface area contributed by atoms with Gasteiger partial charge in [0, 0.05) is 12.1 Å². The maximum absolute atomic E-state index is 11.1. The second-order valence-corrected chi connectivity index (χ2v) is 3.87. The minimum absolute atomic E-state index is 0.0784. The first-order chi connectivity index (χ1) is 8.54. The molecule has 0 aliphatic rings. The third kappa shape index (κ3) is 4.14. The predicted molar refractivity (Wildman–Crippen MR) is 66.3 cm³/mol. The Balaban J connectivity index is 2.40. The average Bonchev–Trinajstić information content (AvgIpc) is 2.38. The van der Waals surface area contributed by atoms with Gasteiger partial charge in [-0.25, -0.2) is 0 Å². The first-order valence-electron chi connectivity index (χ1n) is 5.59. The summed E-state index contributed by atoms with van der Waals surface area (Å²) in [7, 11) is 1.34. The van der Waals surface area contributed by atoms with Crippen LogP contribution in [0.3, 0.4) is 0 Å². The topological polar surface area (TPSA) is 81.5 Å². The average molecular weight is 252 g/mol. The smallest absolute Gasteiger partial charge is 0.322 e. The molecule has 1 aromatic carbocycles. The number of non-ortho nitro benzene ring substituents is 1. The van der Waals surface area contributed by atoms with Crippen LogP contribution in [-0.2, 0) is 16.0 Å². The molecule has 0 fully saturated rings. The quantitative estimate of drug-likeness (QED) is 0.468. The summed E-state index contributed by atoms with van der Waals surface area (Å²) in [5, 5.41) is 13.5. The van der Waals surface area contributed by atoms with E-state index in [1.807, 2.05) is 0 Å². The Morgan fingerprint density at radius 3 is 2.56 bits per heavy atom. The number of nitro benzene ring substituents is 1. The summed E-state index contributed by atoms with van der Waals surface area (Å²) in [6.07, 6.45) is 0.694. The third-order valence-electron chi connectivity index (χ3n) is 2.57. The molecule has 18 heavy (non-hydrogen) atoms. The number of carbonyl (C=O) groups is 1. The van der Waals surface area contributed by atoms with E-state index in [9.17, 15) is 14.9 Å². The number of nitrogens with zero attached hydrogens (tertiary/aromatic N) is 1. The molecule has 1 N–H and O–H groups in total. The zero-order chi connectivity index (χ0) is 13.5. The van der Waals surface area contributed by atoms with Crippen molar-refractivity contribution in [2.24, 2.45) is 0 Å². The Bertz CT molecular complexity index is 417. The fourth-order valence-electron chi connectivity index (χ4n) is 1.48. The molecule has 0 bridgehead atoms. The van der Waals surface area contributed by atoms with Crippen molar-refractivity contribution in [1.29, 1.82) is 0 Å². The highest BCUT2D eigenvalue weighted by Gasteiger charge is 2.11. The summed E-state index contributed by atoms with van der Waals surface area (Å²) in [6, 6.07) is 6.01. The predicted octanol–water partition coefficient (Wildman–Crippen LogP) is 1.29. The van der Waals surface area contributed by atoms with Gasteiger partial charge in [-0.2, -0.15) is 0 Å². The molecule has 0 spiro atoms. The second-order valence-electron chi connectivity index (χ2n) is 3.87. The number of benzene rings is 1. The molecule has 0 amide bonds. The van der Waals surface area contributed by atoms with E-state index >= 15 is 0 Å². The van der Waals surface area contributed by atoms with Gasteiger partial charge in [0.2, 0.25) is 0 Å². The number of rotatable bonds is 6. The van der Waals surface area contributed by atoms with Gasteiger partial charge in [-0.3, -0.25) is 14.9 Å². The van der Waals surface area contributed by atoms with Crippen LogP contribution in [0, 0.1) is 10.1 Å². The van der Waals surface area contributed by atoms with Crippen molar-refractivity contribution in [3.8, 4) is 0 Å². The molecule has 0 heterocycles. The van der Waals surface area contributed by atoms with E-state index in [0.717, 1.165) is 5.56 Å². The van der Waals surface area contributed by atoms with Crippen molar-refractivity contribution < 1.29 is 14.5 Å². The molecule has 6 nitrogen and oxygen atoms in total. The van der Waals surface area contributed by atoms with E-state index < -0.39 is 4.92 Å². The van der Waals surface area contributed by atoms with Crippen LogP contribution in [-0.4, -0.2) is 30.6 Å². The first-order valence-corrected chi connectivity index (χ1v) is 5.59. The Morgan fingerprint density at radius 1 is 1.44 bits per heavy atom. The zero-order valence-electron chi connectivity index (χ0n) is 10.4. The fraction of sp³-hybridized carbons (Fsp3) is 0.417. The lowest BCUT2D eigenvalue weighted by atomic mass is 10.1. The highest BCUT2D eigenvalue weighted by molar-refractivity contribution is 5.75. The van der Waals surface area contributed by atoms with Crippen LogP contribution in [0.2, 0.25) is 0 Å². The lowest BCUT2D eigenvalue weighted by molar-refractivity contribution is -0.384. The molecule has 0 saturated carbocycles. The van der Waals surface area contributed by atoms with Crippen molar-refractivity contribution in [3.63, 3.8) is 0 Å². The van der Waals surface area contributed by atoms with Crippen LogP contribution >= 0.6 is 0 Å². The maximum Gasteiger partial charge on any atom is 0.322 e. The summed E-state index contributed by atoms with van der Waals surface area (Å²) in [6.45, 7) is 2.33. The molecule has 98 valence electrons. The van der Waals surface area contributed by atoms with Crippen LogP contribution in [0.25, 0.3) is 0 Å². The number of methoxy groups -OCH3 is 1. The number of ether oxygens (including phenoxy) is 1. The Labute approximate surface area is 105 Å². The van der Waals surface area contributed by atoms with E-state index in [-0.39, 0.29) is 17.7 Å². The van der Waals surface area contributed by atoms with Crippen LogP contribution in [0.5, 0.6) is 0 Å². The summed E-state index contributed by atoms with van der Waals surface area (Å²) in [5.74, 6) is -0.307. The van der Waals surface area contributed by atoms with Gasteiger partial charge in [-0.15, -0.1) is 0 Å². The summed E-state index contributed by atoms with van der Waals surface area (Å²) in [5.41, 5.74) is 1.06. The van der Waals surface area contributed by atoms with Gasteiger partial charge < -0.3 is 10.1 Å². The number of hydrogen-bond acceptors (Lipinski definition) is 5. The SMILES string of the molecule is COC(=O)C(C)NCCc1ccc([N+](=O)[O-])cc1. The van der Waals surface area contributed by atoms with Gasteiger partial charge in [0.05, 0.1) is 12.0 Å². The number of nitrogens with one attached hydrogen (secondary N) is 1. The zero-order valence-corrected chi connectivity index (χ0v) is 10.4. The van der Waals surface area contributed by atoms with E-state index in [0.29, 0.717) is 13.0 Å². The van der Waals surface area contributed by atoms with E-state index in [2.05, 4.69) is 10.1 Å². The largest absolute Gasteiger partial charge is 0.468 e. The minimum Gasteiger partial charge on any atom is -0.468 e. The molecular formula is C12H16N2O4. The Hall–Kier alpha value is -1.95. The molecular weight excluding hydrogens is 236 g/mol. The van der Waals surface area contributed by atoms with Gasteiger partial charge in [0.1, 0.15) is 6.04 Å². The molecule has 0 saturated heterocycles. The van der Waals surface area contributed by atoms with Crippen LogP contribution in [0.1, 0.15) is 12.5 Å². The van der Waals surface area contributed by atoms with Crippen molar-refractivity contribution in [2.45, 2.75) is 19.4 Å². The lowest BCUT2D eigenvalue weighted by Gasteiger charge is -2.11. The summed E-state index contributed by atoms with van der Waals surface area (Å²) >= 11 is 0. The Morgan fingerprint density at radius 2 is 2.06 bits per heavy atom. The fourth-order valence-corrected chi connectivity index (χ4v) is 1.48. The molecule has 0 radical (unpaired) electrons. The van der Waals surface area contributed by atoms with E-state index in [1.165, 1.54) is 19.2 Å². The van der Waals surface area contributed by atoms with Crippen molar-refractivity contribution in [2.75, 3.05) is 13.7 Å². The summed E-state index contributed by atoms with van der Waals surface area (Å²) < 4.78 is 4.58. The molecule has 0 aliphatic carbocycles. The summed E-state index contributed by atoms with van der Waals surface area (Å²) in [4.78, 5) is 21.2. The first kappa shape index (κ1) is 14.1. The van der Waals surface area contributed by atoms with Crippen LogP contribution < -0.4 is 5.32 Å². The van der Waals surface area contributed by atoms with Gasteiger partial charge in [0.25, 0.3) is 5.69 Å². The number of esters is 1. The minimum atomic E-state index is -0.429. The molecule has 0 aliphatic heterocycles. The standard InChI is InChI=1S/C12H16N2O4/c1-9(12(15)18-2)13-8-7-10-3-5-11(6-4-10)14(16)17/h3-6,9,13H,7-8H2,1-2H3. The van der Waals surface area contributed by atoms with Gasteiger partial charge in [-0.1, -0.05) is 12.1 Å². The second kappa shape index (κ2) is 6.70. The van der Waals surface area contributed by atoms with Crippen molar-refractivity contribution in [3.05, 3.63) is 39.9 Å². The lowest BCUT2D eigenvalue weighted by Crippen LogP contribution is -2.36. The van der Waals surface area contributed by atoms with E-state index in [1.54, 1.807) is 19.1 Å². The molecule has 1 aromatic rings. The molecule has 1 unspecified atom stereocenters. The van der Waals surface area contributed by atoms with Gasteiger partial charge in [-0.05, 0) is 25.5 Å². The van der Waals surface area contributed by atoms with Gasteiger partial charge in [0.15, 0.2) is 0 Å². The van der Waals surface area contributed by atoms with Crippen molar-refractivity contribution in [1.82, 2.24) is 5.32 Å². The third-order valence-corrected chi connectivity index (χ3v) is 2.57. The van der Waals surface area contributed by atoms with Crippen LogP contribution in [0.4, 0.5) is 5.69 Å². The van der Waals surface area contributed by atoms with Crippen molar-refractivity contribution >= 4 is 11.7 Å². The van der Waals surface area contributed by atoms with Gasteiger partial charge >= 0.3 is 5.97 Å². The molecule has 1 atom stereocenters. The molecule has 6 heteroatoms. The maximum atomic E-state index is 11.1. The molecule has 0 aromatic heterocycles. The highest BCUT2D eigenvalue weighted by atomic mass is 16.6. The van der Waals surface area contributed by atoms with E-state index in [4.69, 9.17) is 0 Å².